The zero-order valence-electron chi connectivity index (χ0n) is 19.7. The summed E-state index contributed by atoms with van der Waals surface area (Å²) in [7, 11) is -2.36. The van der Waals surface area contributed by atoms with E-state index in [4.69, 9.17) is 9.47 Å². The summed E-state index contributed by atoms with van der Waals surface area (Å²) in [6, 6.07) is 26.2. The molecule has 0 spiro atoms. The third kappa shape index (κ3) is 4.50. The van der Waals surface area contributed by atoms with Gasteiger partial charge in [-0.1, -0.05) is 42.5 Å². The number of amides is 1. The molecule has 4 aromatic carbocycles. The quantitative estimate of drug-likeness (QED) is 0.355. The standard InChI is InChI=1S/C28H24N2O5S/c1-18-11-12-20(17-26(18)36(32,33)30-19-13-15-21(34-2)16-14-19)29-28(31)27-22-7-3-5-9-24(22)35-25-10-6-4-8-23(25)27/h3-17,27,30H,1-2H3,(H,29,31). The van der Waals surface area contributed by atoms with E-state index in [1.54, 1.807) is 50.4 Å². The largest absolute Gasteiger partial charge is 0.497 e. The van der Waals surface area contributed by atoms with Crippen molar-refractivity contribution in [2.45, 2.75) is 17.7 Å². The predicted octanol–water partition coefficient (Wildman–Crippen LogP) is 5.68. The number of anilines is 2. The number of benzene rings is 4. The van der Waals surface area contributed by atoms with Crippen LogP contribution in [0.25, 0.3) is 0 Å². The molecule has 0 saturated heterocycles. The summed E-state index contributed by atoms with van der Waals surface area (Å²) in [6.45, 7) is 1.71. The fourth-order valence-electron chi connectivity index (χ4n) is 4.24. The minimum atomic E-state index is -3.91. The Balaban J connectivity index is 1.44. The van der Waals surface area contributed by atoms with Crippen molar-refractivity contribution < 1.29 is 22.7 Å². The van der Waals surface area contributed by atoms with Gasteiger partial charge in [-0.25, -0.2) is 8.42 Å². The molecule has 182 valence electrons. The van der Waals surface area contributed by atoms with Gasteiger partial charge in [0.15, 0.2) is 0 Å². The molecule has 8 heteroatoms. The summed E-state index contributed by atoms with van der Waals surface area (Å²) in [4.78, 5) is 13.6. The summed E-state index contributed by atoms with van der Waals surface area (Å²) in [6.07, 6.45) is 0. The molecule has 0 atom stereocenters. The Morgan fingerprint density at radius 3 is 2.03 bits per heavy atom. The van der Waals surface area contributed by atoms with Crippen LogP contribution in [0.4, 0.5) is 11.4 Å². The van der Waals surface area contributed by atoms with E-state index in [-0.39, 0.29) is 10.8 Å². The normalized spacial score (nSPS) is 12.6. The molecule has 1 aliphatic heterocycles. The molecule has 1 amide bonds. The van der Waals surface area contributed by atoms with Crippen LogP contribution in [0, 0.1) is 6.92 Å². The maximum Gasteiger partial charge on any atom is 0.262 e. The highest BCUT2D eigenvalue weighted by molar-refractivity contribution is 7.92. The molecule has 4 aromatic rings. The van der Waals surface area contributed by atoms with E-state index in [0.717, 1.165) is 11.1 Å². The molecule has 1 heterocycles. The number of carbonyl (C=O) groups is 1. The van der Waals surface area contributed by atoms with Crippen LogP contribution in [0.2, 0.25) is 0 Å². The van der Waals surface area contributed by atoms with Gasteiger partial charge in [0.2, 0.25) is 5.91 Å². The number of hydrogen-bond donors (Lipinski definition) is 2. The predicted molar refractivity (Wildman–Crippen MR) is 138 cm³/mol. The summed E-state index contributed by atoms with van der Waals surface area (Å²) in [5.41, 5.74) is 2.82. The van der Waals surface area contributed by atoms with Crippen molar-refractivity contribution in [2.75, 3.05) is 17.1 Å². The zero-order valence-corrected chi connectivity index (χ0v) is 20.5. The van der Waals surface area contributed by atoms with E-state index in [0.29, 0.717) is 34.2 Å². The van der Waals surface area contributed by atoms with Crippen molar-refractivity contribution in [2.24, 2.45) is 0 Å². The summed E-state index contributed by atoms with van der Waals surface area (Å²) < 4.78 is 40.0. The number of ether oxygens (including phenoxy) is 2. The van der Waals surface area contributed by atoms with Crippen LogP contribution in [-0.4, -0.2) is 21.4 Å². The number of aryl methyl sites for hydroxylation is 1. The number of nitrogens with one attached hydrogen (secondary N) is 2. The van der Waals surface area contributed by atoms with Crippen molar-refractivity contribution in [3.8, 4) is 17.2 Å². The molecular formula is C28H24N2O5S. The average molecular weight is 501 g/mol. The Morgan fingerprint density at radius 2 is 1.42 bits per heavy atom. The fourth-order valence-corrected chi connectivity index (χ4v) is 5.57. The molecule has 5 rings (SSSR count). The number of para-hydroxylation sites is 2. The second-order valence-corrected chi connectivity index (χ2v) is 10.1. The Bertz CT molecular complexity index is 1500. The van der Waals surface area contributed by atoms with Gasteiger partial charge in [0.1, 0.15) is 17.2 Å². The van der Waals surface area contributed by atoms with Crippen molar-refractivity contribution in [3.05, 3.63) is 108 Å². The molecule has 1 aliphatic rings. The van der Waals surface area contributed by atoms with Gasteiger partial charge in [0.25, 0.3) is 10.0 Å². The van der Waals surface area contributed by atoms with E-state index in [9.17, 15) is 13.2 Å². The first-order valence-corrected chi connectivity index (χ1v) is 12.8. The van der Waals surface area contributed by atoms with Crippen LogP contribution in [0.3, 0.4) is 0 Å². The molecule has 0 unspecified atom stereocenters. The molecule has 0 fully saturated rings. The number of hydrogen-bond acceptors (Lipinski definition) is 5. The minimum Gasteiger partial charge on any atom is -0.497 e. The molecule has 0 radical (unpaired) electrons. The first kappa shape index (κ1) is 23.4. The molecule has 36 heavy (non-hydrogen) atoms. The highest BCUT2D eigenvalue weighted by atomic mass is 32.2. The van der Waals surface area contributed by atoms with Gasteiger partial charge in [0, 0.05) is 22.5 Å². The number of sulfonamides is 1. The van der Waals surface area contributed by atoms with E-state index in [1.807, 2.05) is 48.5 Å². The van der Waals surface area contributed by atoms with Gasteiger partial charge in [-0.2, -0.15) is 0 Å². The van der Waals surface area contributed by atoms with E-state index < -0.39 is 15.9 Å². The maximum absolute atomic E-state index is 13.5. The molecule has 0 saturated carbocycles. The maximum atomic E-state index is 13.5. The van der Waals surface area contributed by atoms with Crippen molar-refractivity contribution in [3.63, 3.8) is 0 Å². The van der Waals surface area contributed by atoms with E-state index in [2.05, 4.69) is 10.0 Å². The highest BCUT2D eigenvalue weighted by Gasteiger charge is 2.32. The first-order chi connectivity index (χ1) is 17.4. The summed E-state index contributed by atoms with van der Waals surface area (Å²) in [5, 5.41) is 2.91. The lowest BCUT2D eigenvalue weighted by Gasteiger charge is -2.27. The van der Waals surface area contributed by atoms with Gasteiger partial charge in [0.05, 0.1) is 17.9 Å². The van der Waals surface area contributed by atoms with Gasteiger partial charge in [-0.15, -0.1) is 0 Å². The van der Waals surface area contributed by atoms with E-state index in [1.165, 1.54) is 6.07 Å². The lowest BCUT2D eigenvalue weighted by molar-refractivity contribution is -0.116. The second kappa shape index (κ2) is 9.39. The van der Waals surface area contributed by atoms with Crippen LogP contribution in [-0.2, 0) is 14.8 Å². The average Bonchev–Trinajstić information content (AvgIpc) is 2.88. The fraction of sp³-hybridized carbons (Fsp3) is 0.107. The molecule has 7 nitrogen and oxygen atoms in total. The second-order valence-electron chi connectivity index (χ2n) is 8.41. The molecular weight excluding hydrogens is 476 g/mol. The van der Waals surface area contributed by atoms with Crippen molar-refractivity contribution >= 4 is 27.3 Å². The van der Waals surface area contributed by atoms with Gasteiger partial charge in [-0.3, -0.25) is 9.52 Å². The number of methoxy groups -OCH3 is 1. The topological polar surface area (TPSA) is 93.7 Å². The van der Waals surface area contributed by atoms with Crippen LogP contribution in [0.1, 0.15) is 22.6 Å². The molecule has 0 aromatic heterocycles. The molecule has 0 aliphatic carbocycles. The minimum absolute atomic E-state index is 0.0731. The van der Waals surface area contributed by atoms with Gasteiger partial charge in [-0.05, 0) is 61.0 Å². The SMILES string of the molecule is COc1ccc(NS(=O)(=O)c2cc(NC(=O)C3c4ccccc4Oc4ccccc43)ccc2C)cc1. The number of carbonyl (C=O) groups excluding carboxylic acids is 1. The smallest absolute Gasteiger partial charge is 0.262 e. The van der Waals surface area contributed by atoms with Crippen molar-refractivity contribution in [1.82, 2.24) is 0 Å². The number of fused-ring (bicyclic) bond motifs is 2. The Hall–Kier alpha value is -4.30. The Morgan fingerprint density at radius 1 is 0.833 bits per heavy atom. The lowest BCUT2D eigenvalue weighted by atomic mass is 9.87. The third-order valence-corrected chi connectivity index (χ3v) is 7.55. The Kier molecular flexibility index (Phi) is 6.12. The van der Waals surface area contributed by atoms with Crippen molar-refractivity contribution in [1.29, 1.82) is 0 Å². The van der Waals surface area contributed by atoms with Crippen LogP contribution < -0.4 is 19.5 Å². The first-order valence-electron chi connectivity index (χ1n) is 11.3. The van der Waals surface area contributed by atoms with Crippen LogP contribution >= 0.6 is 0 Å². The molecule has 2 N–H and O–H groups in total. The van der Waals surface area contributed by atoms with Crippen LogP contribution in [0.15, 0.2) is 95.9 Å². The van der Waals surface area contributed by atoms with Crippen LogP contribution in [0.5, 0.6) is 17.2 Å². The molecule has 0 bridgehead atoms. The lowest BCUT2D eigenvalue weighted by Crippen LogP contribution is -2.25. The van der Waals surface area contributed by atoms with Gasteiger partial charge >= 0.3 is 0 Å². The highest BCUT2D eigenvalue weighted by Crippen LogP contribution is 2.44. The Labute approximate surface area is 209 Å². The number of rotatable bonds is 6. The summed E-state index contributed by atoms with van der Waals surface area (Å²) >= 11 is 0. The summed E-state index contributed by atoms with van der Waals surface area (Å²) in [5.74, 6) is 0.966. The van der Waals surface area contributed by atoms with Gasteiger partial charge < -0.3 is 14.8 Å². The zero-order chi connectivity index (χ0) is 25.3. The third-order valence-electron chi connectivity index (χ3n) is 6.03. The monoisotopic (exact) mass is 500 g/mol. The van der Waals surface area contributed by atoms with E-state index >= 15 is 0 Å².